The summed E-state index contributed by atoms with van der Waals surface area (Å²) in [6.07, 6.45) is 0.390. The second-order valence-corrected chi connectivity index (χ2v) is 7.98. The molecule has 2 heterocycles. The minimum Gasteiger partial charge on any atom is -0.294 e. The maximum Gasteiger partial charge on any atom is 0.171 e. The van der Waals surface area contributed by atoms with Crippen LogP contribution in [0, 0.1) is 0 Å². The Kier molecular flexibility index (Phi) is 3.68. The number of ketones is 1. The molecule has 0 N–H and O–H groups in total. The Morgan fingerprint density at radius 1 is 1.14 bits per heavy atom. The number of carbonyl (C=O) groups is 1. The fourth-order valence-electron chi connectivity index (χ4n) is 2.16. The molecule has 108 valence electrons. The summed E-state index contributed by atoms with van der Waals surface area (Å²) in [4.78, 5) is 17.1. The molecular weight excluding hydrogens is 298 g/mol. The Bertz CT molecular complexity index is 792. The van der Waals surface area contributed by atoms with Crippen molar-refractivity contribution in [2.45, 2.75) is 32.6 Å². The van der Waals surface area contributed by atoms with Crippen molar-refractivity contribution in [1.82, 2.24) is 4.98 Å². The second kappa shape index (κ2) is 5.35. The van der Waals surface area contributed by atoms with Gasteiger partial charge in [0.1, 0.15) is 5.01 Å². The number of nitrogens with zero attached hydrogens (tertiary/aromatic N) is 1. The SMILES string of the molecule is CC(C)(C)c1csc(CC(=O)c2csc3ccccc23)n1. The molecule has 1 aromatic carbocycles. The van der Waals surface area contributed by atoms with Crippen LogP contribution in [0.15, 0.2) is 35.0 Å². The standard InChI is InChI=1S/C17H17NOS2/c1-17(2,3)15-10-21-16(18-15)8-13(19)12-9-20-14-7-5-4-6-11(12)14/h4-7,9-10H,8H2,1-3H3. The van der Waals surface area contributed by atoms with E-state index in [2.05, 4.69) is 37.2 Å². The normalized spacial score (nSPS) is 12.0. The molecule has 0 aliphatic carbocycles. The lowest BCUT2D eigenvalue weighted by Crippen LogP contribution is -2.12. The van der Waals surface area contributed by atoms with Crippen LogP contribution in [-0.2, 0) is 11.8 Å². The predicted octanol–water partition coefficient (Wildman–Crippen LogP) is 5.08. The van der Waals surface area contributed by atoms with Crippen LogP contribution in [0.4, 0.5) is 0 Å². The van der Waals surface area contributed by atoms with E-state index in [-0.39, 0.29) is 11.2 Å². The number of thiophene rings is 1. The van der Waals surface area contributed by atoms with E-state index in [9.17, 15) is 4.79 Å². The van der Waals surface area contributed by atoms with Crippen molar-refractivity contribution in [3.8, 4) is 0 Å². The molecule has 0 bridgehead atoms. The highest BCUT2D eigenvalue weighted by Gasteiger charge is 2.19. The number of rotatable bonds is 3. The summed E-state index contributed by atoms with van der Waals surface area (Å²) in [7, 11) is 0. The molecule has 0 unspecified atom stereocenters. The van der Waals surface area contributed by atoms with Crippen LogP contribution < -0.4 is 0 Å². The van der Waals surface area contributed by atoms with Crippen molar-refractivity contribution >= 4 is 38.5 Å². The average Bonchev–Trinajstić information content (AvgIpc) is 3.03. The number of fused-ring (bicyclic) bond motifs is 1. The highest BCUT2D eigenvalue weighted by atomic mass is 32.1. The number of hydrogen-bond acceptors (Lipinski definition) is 4. The quantitative estimate of drug-likeness (QED) is 0.631. The van der Waals surface area contributed by atoms with Crippen molar-refractivity contribution in [3.63, 3.8) is 0 Å². The molecule has 0 aliphatic heterocycles. The maximum absolute atomic E-state index is 12.5. The minimum atomic E-state index is 0.0346. The van der Waals surface area contributed by atoms with Crippen LogP contribution in [0.2, 0.25) is 0 Å². The van der Waals surface area contributed by atoms with E-state index in [4.69, 9.17) is 0 Å². The molecule has 2 nitrogen and oxygen atoms in total. The van der Waals surface area contributed by atoms with Gasteiger partial charge in [-0.25, -0.2) is 4.98 Å². The first-order valence-electron chi connectivity index (χ1n) is 6.89. The number of thiazole rings is 1. The molecule has 0 aliphatic rings. The van der Waals surface area contributed by atoms with Gasteiger partial charge >= 0.3 is 0 Å². The molecule has 4 heteroatoms. The predicted molar refractivity (Wildman–Crippen MR) is 90.7 cm³/mol. The van der Waals surface area contributed by atoms with E-state index < -0.39 is 0 Å². The second-order valence-electron chi connectivity index (χ2n) is 6.12. The fraction of sp³-hybridized carbons (Fsp3) is 0.294. The molecule has 0 amide bonds. The van der Waals surface area contributed by atoms with E-state index in [0.717, 1.165) is 26.4 Å². The number of Topliss-reactive ketones (excluding diaryl/α,β-unsaturated/α-hetero) is 1. The van der Waals surface area contributed by atoms with Crippen LogP contribution in [0.1, 0.15) is 41.8 Å². The molecular formula is C17H17NOS2. The smallest absolute Gasteiger partial charge is 0.171 e. The van der Waals surface area contributed by atoms with Gasteiger partial charge in [0.2, 0.25) is 0 Å². The van der Waals surface area contributed by atoms with Gasteiger partial charge in [0.05, 0.1) is 12.1 Å². The van der Waals surface area contributed by atoms with Crippen LogP contribution in [0.25, 0.3) is 10.1 Å². The van der Waals surface area contributed by atoms with E-state index in [1.807, 2.05) is 23.6 Å². The van der Waals surface area contributed by atoms with E-state index >= 15 is 0 Å². The summed E-state index contributed by atoms with van der Waals surface area (Å²) in [5.74, 6) is 0.155. The number of benzene rings is 1. The first kappa shape index (κ1) is 14.4. The van der Waals surface area contributed by atoms with Crippen molar-refractivity contribution in [2.24, 2.45) is 0 Å². The van der Waals surface area contributed by atoms with E-state index in [0.29, 0.717) is 6.42 Å². The van der Waals surface area contributed by atoms with Gasteiger partial charge < -0.3 is 0 Å². The molecule has 0 spiro atoms. The van der Waals surface area contributed by atoms with Gasteiger partial charge in [-0.2, -0.15) is 0 Å². The monoisotopic (exact) mass is 315 g/mol. The highest BCUT2D eigenvalue weighted by molar-refractivity contribution is 7.17. The number of carbonyl (C=O) groups excluding carboxylic acids is 1. The van der Waals surface area contributed by atoms with Crippen molar-refractivity contribution in [2.75, 3.05) is 0 Å². The zero-order chi connectivity index (χ0) is 15.0. The average molecular weight is 315 g/mol. The molecule has 21 heavy (non-hydrogen) atoms. The Hall–Kier alpha value is -1.52. The van der Waals surface area contributed by atoms with Gasteiger partial charge in [-0.15, -0.1) is 22.7 Å². The summed E-state index contributed by atoms with van der Waals surface area (Å²) in [5.41, 5.74) is 1.92. The van der Waals surface area contributed by atoms with Gasteiger partial charge in [-0.1, -0.05) is 39.0 Å². The zero-order valence-corrected chi connectivity index (χ0v) is 14.0. The molecule has 3 aromatic rings. The molecule has 0 fully saturated rings. The van der Waals surface area contributed by atoms with Crippen LogP contribution in [0.5, 0.6) is 0 Å². The van der Waals surface area contributed by atoms with Gasteiger partial charge in [-0.3, -0.25) is 4.79 Å². The third-order valence-electron chi connectivity index (χ3n) is 3.41. The fourth-order valence-corrected chi connectivity index (χ4v) is 4.15. The maximum atomic E-state index is 12.5. The van der Waals surface area contributed by atoms with Crippen LogP contribution in [-0.4, -0.2) is 10.8 Å². The van der Waals surface area contributed by atoms with Gasteiger partial charge in [0.25, 0.3) is 0 Å². The Labute approximate surface area is 132 Å². The summed E-state index contributed by atoms with van der Waals surface area (Å²) in [6, 6.07) is 8.05. The minimum absolute atomic E-state index is 0.0346. The largest absolute Gasteiger partial charge is 0.294 e. The highest BCUT2D eigenvalue weighted by Crippen LogP contribution is 2.28. The third-order valence-corrected chi connectivity index (χ3v) is 5.23. The molecule has 0 atom stereocenters. The van der Waals surface area contributed by atoms with Crippen molar-refractivity contribution in [1.29, 1.82) is 0 Å². The lowest BCUT2D eigenvalue weighted by atomic mass is 9.93. The third kappa shape index (κ3) is 2.92. The number of aromatic nitrogens is 1. The van der Waals surface area contributed by atoms with Crippen LogP contribution >= 0.6 is 22.7 Å². The summed E-state index contributed by atoms with van der Waals surface area (Å²) >= 11 is 3.20. The lowest BCUT2D eigenvalue weighted by molar-refractivity contribution is 0.0995. The first-order valence-corrected chi connectivity index (χ1v) is 8.65. The molecule has 3 rings (SSSR count). The topological polar surface area (TPSA) is 30.0 Å². The Morgan fingerprint density at radius 3 is 2.62 bits per heavy atom. The molecule has 2 aromatic heterocycles. The summed E-state index contributed by atoms with van der Waals surface area (Å²) in [5, 5.41) is 5.99. The number of hydrogen-bond donors (Lipinski definition) is 0. The summed E-state index contributed by atoms with van der Waals surface area (Å²) < 4.78 is 1.16. The van der Waals surface area contributed by atoms with E-state index in [1.54, 1.807) is 22.7 Å². The molecule has 0 saturated carbocycles. The Morgan fingerprint density at radius 2 is 1.90 bits per heavy atom. The Balaban J connectivity index is 1.85. The lowest BCUT2D eigenvalue weighted by Gasteiger charge is -2.14. The van der Waals surface area contributed by atoms with E-state index in [1.165, 1.54) is 0 Å². The first-order chi connectivity index (χ1) is 9.95. The van der Waals surface area contributed by atoms with Gasteiger partial charge in [0, 0.05) is 31.8 Å². The van der Waals surface area contributed by atoms with Gasteiger partial charge in [0.15, 0.2) is 5.78 Å². The van der Waals surface area contributed by atoms with Crippen molar-refractivity contribution < 1.29 is 4.79 Å². The molecule has 0 radical (unpaired) electrons. The van der Waals surface area contributed by atoms with Crippen molar-refractivity contribution in [3.05, 3.63) is 51.3 Å². The van der Waals surface area contributed by atoms with Gasteiger partial charge in [-0.05, 0) is 6.07 Å². The summed E-state index contributed by atoms with van der Waals surface area (Å²) in [6.45, 7) is 6.42. The molecule has 0 saturated heterocycles. The zero-order valence-electron chi connectivity index (χ0n) is 12.3. The van der Waals surface area contributed by atoms with Crippen LogP contribution in [0.3, 0.4) is 0 Å².